The molecule has 0 radical (unpaired) electrons. The Morgan fingerprint density at radius 2 is 1.72 bits per heavy atom. The van der Waals surface area contributed by atoms with Gasteiger partial charge in [-0.1, -0.05) is 12.1 Å². The number of benzene rings is 1. The Labute approximate surface area is 145 Å². The van der Waals surface area contributed by atoms with Gasteiger partial charge in [0.15, 0.2) is 0 Å². The predicted octanol–water partition coefficient (Wildman–Crippen LogP) is 0.595. The highest BCUT2D eigenvalue weighted by Gasteiger charge is 2.30. The van der Waals surface area contributed by atoms with Crippen LogP contribution >= 0.6 is 0 Å². The molecule has 0 aliphatic carbocycles. The van der Waals surface area contributed by atoms with Crippen LogP contribution < -0.4 is 4.72 Å². The lowest BCUT2D eigenvalue weighted by atomic mass is 10.3. The molecule has 25 heavy (non-hydrogen) atoms. The fourth-order valence-corrected chi connectivity index (χ4v) is 4.85. The van der Waals surface area contributed by atoms with E-state index in [0.717, 1.165) is 12.5 Å². The van der Waals surface area contributed by atoms with E-state index >= 15 is 0 Å². The molecule has 0 spiro atoms. The largest absolute Gasteiger partial charge is 0.283 e. The highest BCUT2D eigenvalue weighted by Crippen LogP contribution is 2.23. The van der Waals surface area contributed by atoms with E-state index in [1.54, 1.807) is 12.1 Å². The number of hydrogen-bond donors (Lipinski definition) is 1. The summed E-state index contributed by atoms with van der Waals surface area (Å²) >= 11 is 0. The number of sulfonamides is 2. The van der Waals surface area contributed by atoms with Gasteiger partial charge in [0.2, 0.25) is 10.0 Å². The van der Waals surface area contributed by atoms with Crippen LogP contribution in [-0.4, -0.2) is 45.1 Å². The smallest absolute Gasteiger partial charge is 0.266 e. The van der Waals surface area contributed by atoms with Crippen molar-refractivity contribution in [1.82, 2.24) is 14.0 Å². The van der Waals surface area contributed by atoms with Crippen molar-refractivity contribution in [1.29, 1.82) is 0 Å². The highest BCUT2D eigenvalue weighted by molar-refractivity contribution is 7.90. The molecule has 1 N–H and O–H groups in total. The Hall–Kier alpha value is -2.30. The van der Waals surface area contributed by atoms with Crippen molar-refractivity contribution in [2.24, 2.45) is 0 Å². The zero-order valence-electron chi connectivity index (χ0n) is 13.0. The third kappa shape index (κ3) is 3.55. The number of pyridine rings is 1. The first-order chi connectivity index (χ1) is 11.8. The topological polar surface area (TPSA) is 114 Å². The maximum atomic E-state index is 12.4. The van der Waals surface area contributed by atoms with Crippen molar-refractivity contribution in [3.05, 3.63) is 54.4 Å². The molecule has 0 atom stereocenters. The van der Waals surface area contributed by atoms with Gasteiger partial charge in [-0.15, -0.1) is 0 Å². The van der Waals surface area contributed by atoms with E-state index in [1.807, 2.05) is 4.72 Å². The lowest BCUT2D eigenvalue weighted by Gasteiger charge is -2.29. The van der Waals surface area contributed by atoms with Gasteiger partial charge >= 0.3 is 0 Å². The van der Waals surface area contributed by atoms with E-state index < -0.39 is 26.0 Å². The summed E-state index contributed by atoms with van der Waals surface area (Å²) in [5.41, 5.74) is -0.0598. The van der Waals surface area contributed by atoms with E-state index in [9.17, 15) is 21.6 Å². The molecule has 10 heteroatoms. The van der Waals surface area contributed by atoms with E-state index in [-0.39, 0.29) is 15.5 Å². The van der Waals surface area contributed by atoms with E-state index in [1.165, 1.54) is 34.8 Å². The molecular formula is C15H15N3O5S2. The predicted molar refractivity (Wildman–Crippen MR) is 88.7 cm³/mol. The maximum absolute atomic E-state index is 12.4. The number of rotatable bonds is 5. The SMILES string of the molecule is O=C(NS(=O)(=O)c1cccc(S(=O)(=O)N2CCC2)c1)c1ccccn1. The highest BCUT2D eigenvalue weighted by atomic mass is 32.2. The van der Waals surface area contributed by atoms with Gasteiger partial charge in [0.05, 0.1) is 9.79 Å². The van der Waals surface area contributed by atoms with Gasteiger partial charge in [-0.3, -0.25) is 9.78 Å². The molecule has 1 amide bonds. The van der Waals surface area contributed by atoms with Crippen LogP contribution in [0.25, 0.3) is 0 Å². The number of carbonyl (C=O) groups is 1. The molecule has 0 saturated carbocycles. The molecule has 1 fully saturated rings. The molecule has 2 heterocycles. The fraction of sp³-hybridized carbons (Fsp3) is 0.200. The third-order valence-corrected chi connectivity index (χ3v) is 6.92. The van der Waals surface area contributed by atoms with Crippen molar-refractivity contribution >= 4 is 26.0 Å². The standard InChI is InChI=1S/C15H15N3O5S2/c19-15(14-7-1-2-8-16-14)17-24(20,21)12-5-3-6-13(11-12)25(22,23)18-9-4-10-18/h1-3,5-8,11H,4,9-10H2,(H,17,19). The van der Waals surface area contributed by atoms with Gasteiger partial charge in [0, 0.05) is 19.3 Å². The molecule has 2 aromatic rings. The van der Waals surface area contributed by atoms with Gasteiger partial charge in [-0.25, -0.2) is 21.6 Å². The molecule has 1 aromatic carbocycles. The minimum Gasteiger partial charge on any atom is -0.266 e. The van der Waals surface area contributed by atoms with Crippen molar-refractivity contribution in [3.8, 4) is 0 Å². The molecule has 0 unspecified atom stereocenters. The van der Waals surface area contributed by atoms with Crippen LogP contribution in [0, 0.1) is 0 Å². The summed E-state index contributed by atoms with van der Waals surface area (Å²) in [7, 11) is -7.95. The molecule has 1 aromatic heterocycles. The Morgan fingerprint density at radius 3 is 2.32 bits per heavy atom. The summed E-state index contributed by atoms with van der Waals surface area (Å²) < 4.78 is 52.7. The zero-order valence-corrected chi connectivity index (χ0v) is 14.6. The first-order valence-electron chi connectivity index (χ1n) is 7.39. The molecule has 1 aliphatic rings. The lowest BCUT2D eigenvalue weighted by Crippen LogP contribution is -2.42. The van der Waals surface area contributed by atoms with Crippen LogP contribution in [0.15, 0.2) is 58.5 Å². The van der Waals surface area contributed by atoms with Crippen LogP contribution in [-0.2, 0) is 20.0 Å². The molecule has 132 valence electrons. The average molecular weight is 381 g/mol. The number of amides is 1. The monoisotopic (exact) mass is 381 g/mol. The molecule has 1 aliphatic heterocycles. The van der Waals surface area contributed by atoms with Gasteiger partial charge in [0.1, 0.15) is 5.69 Å². The van der Waals surface area contributed by atoms with Crippen LogP contribution in [0.1, 0.15) is 16.9 Å². The van der Waals surface area contributed by atoms with E-state index in [4.69, 9.17) is 0 Å². The molecule has 8 nitrogen and oxygen atoms in total. The minimum absolute atomic E-state index is 0.0598. The Kier molecular flexibility index (Phi) is 4.58. The second kappa shape index (κ2) is 6.54. The molecule has 0 bridgehead atoms. The summed E-state index contributed by atoms with van der Waals surface area (Å²) in [6, 6.07) is 9.43. The van der Waals surface area contributed by atoms with Gasteiger partial charge in [-0.2, -0.15) is 4.31 Å². The van der Waals surface area contributed by atoms with Crippen molar-refractivity contribution < 1.29 is 21.6 Å². The summed E-state index contributed by atoms with van der Waals surface area (Å²) in [6.07, 6.45) is 2.14. The van der Waals surface area contributed by atoms with Crippen LogP contribution in [0.5, 0.6) is 0 Å². The summed E-state index contributed by atoms with van der Waals surface area (Å²) in [6.45, 7) is 0.825. The quantitative estimate of drug-likeness (QED) is 0.811. The molecular weight excluding hydrogens is 366 g/mol. The number of hydrogen-bond acceptors (Lipinski definition) is 6. The van der Waals surface area contributed by atoms with Gasteiger partial charge < -0.3 is 0 Å². The van der Waals surface area contributed by atoms with Crippen LogP contribution in [0.4, 0.5) is 0 Å². The Balaban J connectivity index is 1.88. The zero-order chi connectivity index (χ0) is 18.1. The van der Waals surface area contributed by atoms with Crippen LogP contribution in [0.2, 0.25) is 0 Å². The number of nitrogens with one attached hydrogen (secondary N) is 1. The second-order valence-corrected chi connectivity index (χ2v) is 9.00. The normalized spacial score (nSPS) is 15.4. The maximum Gasteiger partial charge on any atom is 0.283 e. The molecule has 1 saturated heterocycles. The Morgan fingerprint density at radius 1 is 1.00 bits per heavy atom. The molecule has 3 rings (SSSR count). The van der Waals surface area contributed by atoms with Gasteiger partial charge in [0.25, 0.3) is 15.9 Å². The summed E-state index contributed by atoms with van der Waals surface area (Å²) in [4.78, 5) is 15.3. The van der Waals surface area contributed by atoms with Gasteiger partial charge in [-0.05, 0) is 36.8 Å². The third-order valence-electron chi connectivity index (χ3n) is 3.69. The number of aromatic nitrogens is 1. The van der Waals surface area contributed by atoms with Crippen LogP contribution in [0.3, 0.4) is 0 Å². The van der Waals surface area contributed by atoms with Crippen molar-refractivity contribution in [2.75, 3.05) is 13.1 Å². The first kappa shape index (κ1) is 17.5. The van der Waals surface area contributed by atoms with Crippen molar-refractivity contribution in [3.63, 3.8) is 0 Å². The Bertz CT molecular complexity index is 1000. The van der Waals surface area contributed by atoms with E-state index in [0.29, 0.717) is 13.1 Å². The fourth-order valence-electron chi connectivity index (χ4n) is 2.21. The summed E-state index contributed by atoms with van der Waals surface area (Å²) in [5, 5.41) is 0. The lowest BCUT2D eigenvalue weighted by molar-refractivity contribution is 0.0976. The summed E-state index contributed by atoms with van der Waals surface area (Å²) in [5.74, 6) is -0.892. The number of nitrogens with zero attached hydrogens (tertiary/aromatic N) is 2. The number of carbonyl (C=O) groups excluding carboxylic acids is 1. The van der Waals surface area contributed by atoms with E-state index in [2.05, 4.69) is 4.98 Å². The minimum atomic E-state index is -4.23. The van der Waals surface area contributed by atoms with Crippen molar-refractivity contribution in [2.45, 2.75) is 16.2 Å². The average Bonchev–Trinajstić information content (AvgIpc) is 2.53. The first-order valence-corrected chi connectivity index (χ1v) is 10.3. The second-order valence-electron chi connectivity index (χ2n) is 5.38.